The SMILES string of the molecule is CCCCN(CCCC)S(=O)(=O)c1ccc(C(=O)N(Cc2ccccc2)c2nc3ccc(SC)cc3s2)cc1. The van der Waals surface area contributed by atoms with Crippen LogP contribution in [-0.2, 0) is 16.6 Å². The largest absolute Gasteiger partial charge is 0.279 e. The van der Waals surface area contributed by atoms with Gasteiger partial charge >= 0.3 is 0 Å². The molecule has 206 valence electrons. The molecule has 1 amide bonds. The quantitative estimate of drug-likeness (QED) is 0.153. The predicted molar refractivity (Wildman–Crippen MR) is 163 cm³/mol. The van der Waals surface area contributed by atoms with E-state index < -0.39 is 10.0 Å². The molecule has 0 radical (unpaired) electrons. The predicted octanol–water partition coefficient (Wildman–Crippen LogP) is 7.46. The van der Waals surface area contributed by atoms with Crippen LogP contribution >= 0.6 is 23.1 Å². The Kier molecular flexibility index (Phi) is 10.2. The van der Waals surface area contributed by atoms with E-state index in [9.17, 15) is 13.2 Å². The van der Waals surface area contributed by atoms with Crippen LogP contribution in [0.5, 0.6) is 0 Å². The molecule has 1 heterocycles. The number of nitrogens with zero attached hydrogens (tertiary/aromatic N) is 3. The molecule has 0 saturated carbocycles. The van der Waals surface area contributed by atoms with E-state index in [1.165, 1.54) is 11.3 Å². The van der Waals surface area contributed by atoms with E-state index in [2.05, 4.69) is 19.9 Å². The molecule has 39 heavy (non-hydrogen) atoms. The van der Waals surface area contributed by atoms with Gasteiger partial charge in [0.25, 0.3) is 5.91 Å². The van der Waals surface area contributed by atoms with Gasteiger partial charge in [0.1, 0.15) is 0 Å². The lowest BCUT2D eigenvalue weighted by atomic mass is 10.1. The average Bonchev–Trinajstić information content (AvgIpc) is 3.39. The van der Waals surface area contributed by atoms with Crippen molar-refractivity contribution in [3.05, 3.63) is 83.9 Å². The maximum Gasteiger partial charge on any atom is 0.260 e. The normalized spacial score (nSPS) is 11.8. The third-order valence-electron chi connectivity index (χ3n) is 6.51. The fourth-order valence-electron chi connectivity index (χ4n) is 4.22. The minimum atomic E-state index is -3.64. The van der Waals surface area contributed by atoms with Gasteiger partial charge in [-0.2, -0.15) is 4.31 Å². The van der Waals surface area contributed by atoms with Crippen LogP contribution < -0.4 is 4.90 Å². The van der Waals surface area contributed by atoms with Crippen molar-refractivity contribution in [2.75, 3.05) is 24.2 Å². The minimum Gasteiger partial charge on any atom is -0.279 e. The molecule has 0 aliphatic rings. The molecular formula is C30H35N3O3S3. The third-order valence-corrected chi connectivity index (χ3v) is 10.2. The number of carbonyl (C=O) groups is 1. The zero-order valence-electron chi connectivity index (χ0n) is 22.7. The van der Waals surface area contributed by atoms with Gasteiger partial charge in [-0.25, -0.2) is 13.4 Å². The standard InChI is InChI=1S/C30H35N3O3S3/c1-4-6-19-32(20-7-5-2)39(35,36)26-16-13-24(14-17-26)29(34)33(22-23-11-9-8-10-12-23)30-31-27-18-15-25(37-3)21-28(27)38-30/h8-18,21H,4-7,19-20,22H2,1-3H3. The van der Waals surface area contributed by atoms with Crippen LogP contribution in [0.3, 0.4) is 0 Å². The smallest absolute Gasteiger partial charge is 0.260 e. The van der Waals surface area contributed by atoms with Crippen molar-refractivity contribution in [1.29, 1.82) is 0 Å². The molecular weight excluding hydrogens is 547 g/mol. The lowest BCUT2D eigenvalue weighted by molar-refractivity contribution is 0.0985. The summed E-state index contributed by atoms with van der Waals surface area (Å²) in [5.41, 5.74) is 2.25. The first-order valence-corrected chi connectivity index (χ1v) is 16.8. The summed E-state index contributed by atoms with van der Waals surface area (Å²) in [7, 11) is -3.64. The number of unbranched alkanes of at least 4 members (excludes halogenated alkanes) is 2. The van der Waals surface area contributed by atoms with Gasteiger partial charge in [0.15, 0.2) is 5.13 Å². The first-order chi connectivity index (χ1) is 18.9. The number of fused-ring (bicyclic) bond motifs is 1. The highest BCUT2D eigenvalue weighted by Crippen LogP contribution is 2.33. The number of carbonyl (C=O) groups excluding carboxylic acids is 1. The van der Waals surface area contributed by atoms with Crippen LogP contribution in [0.2, 0.25) is 0 Å². The Morgan fingerprint density at radius 2 is 1.59 bits per heavy atom. The van der Waals surface area contributed by atoms with E-state index in [1.807, 2.05) is 48.7 Å². The van der Waals surface area contributed by atoms with Crippen LogP contribution in [-0.4, -0.2) is 43.0 Å². The Balaban J connectivity index is 1.65. The molecule has 0 bridgehead atoms. The lowest BCUT2D eigenvalue weighted by Crippen LogP contribution is -2.33. The Bertz CT molecular complexity index is 1480. The van der Waals surface area contributed by atoms with E-state index in [0.717, 1.165) is 46.4 Å². The van der Waals surface area contributed by atoms with Crippen molar-refractivity contribution >= 4 is 54.4 Å². The van der Waals surface area contributed by atoms with Crippen molar-refractivity contribution in [2.45, 2.75) is 55.9 Å². The molecule has 4 rings (SSSR count). The summed E-state index contributed by atoms with van der Waals surface area (Å²) >= 11 is 3.15. The number of thioether (sulfide) groups is 1. The molecule has 0 spiro atoms. The Morgan fingerprint density at radius 3 is 2.21 bits per heavy atom. The molecule has 0 aliphatic heterocycles. The summed E-state index contributed by atoms with van der Waals surface area (Å²) in [4.78, 5) is 21.7. The molecule has 0 atom stereocenters. The number of anilines is 1. The molecule has 9 heteroatoms. The maximum absolute atomic E-state index is 13.9. The highest BCUT2D eigenvalue weighted by Gasteiger charge is 2.26. The summed E-state index contributed by atoms with van der Waals surface area (Å²) in [6.07, 6.45) is 5.51. The lowest BCUT2D eigenvalue weighted by Gasteiger charge is -2.23. The number of sulfonamides is 1. The van der Waals surface area contributed by atoms with E-state index >= 15 is 0 Å². The summed E-state index contributed by atoms with van der Waals surface area (Å²) in [6.45, 7) is 5.47. The number of hydrogen-bond acceptors (Lipinski definition) is 6. The van der Waals surface area contributed by atoms with Crippen LogP contribution in [0.25, 0.3) is 10.2 Å². The summed E-state index contributed by atoms with van der Waals surface area (Å²) in [5, 5.41) is 0.610. The van der Waals surface area contributed by atoms with Gasteiger partial charge in [0, 0.05) is 23.5 Å². The van der Waals surface area contributed by atoms with Gasteiger partial charge in [-0.1, -0.05) is 68.4 Å². The molecule has 6 nitrogen and oxygen atoms in total. The summed E-state index contributed by atoms with van der Waals surface area (Å²) in [5.74, 6) is -0.222. The van der Waals surface area contributed by atoms with Gasteiger partial charge in [0.2, 0.25) is 10.0 Å². The maximum atomic E-state index is 13.9. The number of hydrogen-bond donors (Lipinski definition) is 0. The molecule has 0 N–H and O–H groups in total. The van der Waals surface area contributed by atoms with Gasteiger partial charge < -0.3 is 0 Å². The second kappa shape index (κ2) is 13.6. The molecule has 0 unspecified atom stereocenters. The van der Waals surface area contributed by atoms with E-state index in [1.54, 1.807) is 45.2 Å². The van der Waals surface area contributed by atoms with E-state index in [4.69, 9.17) is 4.98 Å². The van der Waals surface area contributed by atoms with E-state index in [0.29, 0.717) is 30.3 Å². The van der Waals surface area contributed by atoms with Gasteiger partial charge in [-0.15, -0.1) is 11.8 Å². The van der Waals surface area contributed by atoms with Crippen LogP contribution in [0, 0.1) is 0 Å². The average molecular weight is 582 g/mol. The highest BCUT2D eigenvalue weighted by molar-refractivity contribution is 7.98. The van der Waals surface area contributed by atoms with Crippen molar-refractivity contribution in [3.63, 3.8) is 0 Å². The second-order valence-electron chi connectivity index (χ2n) is 9.34. The molecule has 0 saturated heterocycles. The highest BCUT2D eigenvalue weighted by atomic mass is 32.2. The number of thiazole rings is 1. The fraction of sp³-hybridized carbons (Fsp3) is 0.333. The van der Waals surface area contributed by atoms with E-state index in [-0.39, 0.29) is 10.8 Å². The van der Waals surface area contributed by atoms with Gasteiger partial charge in [0.05, 0.1) is 21.7 Å². The Morgan fingerprint density at radius 1 is 0.923 bits per heavy atom. The zero-order chi connectivity index (χ0) is 27.8. The van der Waals surface area contributed by atoms with Crippen LogP contribution in [0.1, 0.15) is 55.5 Å². The molecule has 0 fully saturated rings. The summed E-state index contributed by atoms with van der Waals surface area (Å²) < 4.78 is 29.4. The van der Waals surface area contributed by atoms with Crippen molar-refractivity contribution in [2.24, 2.45) is 0 Å². The monoisotopic (exact) mass is 581 g/mol. The van der Waals surface area contributed by atoms with Crippen LogP contribution in [0.15, 0.2) is 82.6 Å². The van der Waals surface area contributed by atoms with Crippen molar-refractivity contribution < 1.29 is 13.2 Å². The molecule has 1 aromatic heterocycles. The second-order valence-corrected chi connectivity index (χ2v) is 13.2. The van der Waals surface area contributed by atoms with Gasteiger partial charge in [-0.05, 0) is 67.1 Å². The summed E-state index contributed by atoms with van der Waals surface area (Å²) in [6, 6.07) is 22.2. The Hall–Kier alpha value is -2.72. The number of benzene rings is 3. The van der Waals surface area contributed by atoms with Crippen LogP contribution in [0.4, 0.5) is 5.13 Å². The topological polar surface area (TPSA) is 70.6 Å². The minimum absolute atomic E-state index is 0.213. The Labute approximate surface area is 240 Å². The fourth-order valence-corrected chi connectivity index (χ4v) is 7.26. The van der Waals surface area contributed by atoms with Gasteiger partial charge in [-0.3, -0.25) is 9.69 Å². The first kappa shape index (κ1) is 29.3. The first-order valence-electron chi connectivity index (χ1n) is 13.3. The molecule has 4 aromatic rings. The number of rotatable bonds is 13. The number of amides is 1. The van der Waals surface area contributed by atoms with Crippen molar-refractivity contribution in [1.82, 2.24) is 9.29 Å². The molecule has 0 aliphatic carbocycles. The third kappa shape index (κ3) is 7.08. The molecule has 3 aromatic carbocycles. The van der Waals surface area contributed by atoms with Crippen molar-refractivity contribution in [3.8, 4) is 0 Å². The zero-order valence-corrected chi connectivity index (χ0v) is 25.1. The number of aromatic nitrogens is 1.